The Labute approximate surface area is 148 Å². The molecule has 2 N–H and O–H groups in total. The summed E-state index contributed by atoms with van der Waals surface area (Å²) in [7, 11) is -3.47. The maximum Gasteiger partial charge on any atom is 0.243 e. The smallest absolute Gasteiger partial charge is 0.243 e. The molecule has 2 heterocycles. The van der Waals surface area contributed by atoms with E-state index in [1.54, 1.807) is 24.3 Å². The summed E-state index contributed by atoms with van der Waals surface area (Å²) in [5.41, 5.74) is 0.883. The van der Waals surface area contributed by atoms with Crippen LogP contribution in [0.3, 0.4) is 0 Å². The molecule has 25 heavy (non-hydrogen) atoms. The largest absolute Gasteiger partial charge is 0.379 e. The number of ether oxygens (including phenoxy) is 1. The summed E-state index contributed by atoms with van der Waals surface area (Å²) in [5.74, 6) is 0.430. The molecule has 7 nitrogen and oxygen atoms in total. The molecule has 1 atom stereocenters. The Hall–Kier alpha value is -1.48. The van der Waals surface area contributed by atoms with Crippen molar-refractivity contribution in [3.8, 4) is 0 Å². The quantitative estimate of drug-likeness (QED) is 0.749. The van der Waals surface area contributed by atoms with Gasteiger partial charge in [-0.3, -0.25) is 4.79 Å². The molecule has 0 radical (unpaired) electrons. The van der Waals surface area contributed by atoms with Crippen molar-refractivity contribution < 1.29 is 17.9 Å². The van der Waals surface area contributed by atoms with E-state index in [-0.39, 0.29) is 16.7 Å². The average molecular weight is 367 g/mol. The van der Waals surface area contributed by atoms with Crippen LogP contribution in [0.4, 0.5) is 0 Å². The molecule has 3 rings (SSSR count). The molecule has 0 aliphatic carbocycles. The molecule has 0 spiro atoms. The molecule has 0 bridgehead atoms. The number of hydrogen-bond acceptors (Lipinski definition) is 5. The fraction of sp³-hybridized carbons (Fsp3) is 0.588. The molecule has 1 unspecified atom stereocenters. The number of nitrogens with zero attached hydrogens (tertiary/aromatic N) is 1. The van der Waals surface area contributed by atoms with Crippen LogP contribution in [0.1, 0.15) is 12.5 Å². The molecule has 2 aliphatic rings. The van der Waals surface area contributed by atoms with Gasteiger partial charge in [0, 0.05) is 25.6 Å². The number of nitrogens with one attached hydrogen (secondary N) is 2. The number of amides is 1. The molecular formula is C17H25N3O4S. The van der Waals surface area contributed by atoms with Gasteiger partial charge in [-0.25, -0.2) is 8.42 Å². The number of rotatable bonds is 6. The van der Waals surface area contributed by atoms with Crippen molar-refractivity contribution in [2.75, 3.05) is 39.4 Å². The van der Waals surface area contributed by atoms with Gasteiger partial charge < -0.3 is 15.4 Å². The molecule has 8 heteroatoms. The lowest BCUT2D eigenvalue weighted by Crippen LogP contribution is -2.49. The number of carbonyl (C=O) groups is 1. The van der Waals surface area contributed by atoms with E-state index >= 15 is 0 Å². The molecule has 2 aliphatic heterocycles. The second kappa shape index (κ2) is 7.82. The van der Waals surface area contributed by atoms with Crippen LogP contribution in [-0.2, 0) is 26.1 Å². The minimum atomic E-state index is -3.47. The van der Waals surface area contributed by atoms with E-state index in [0.717, 1.165) is 18.7 Å². The second-order valence-corrected chi connectivity index (χ2v) is 8.52. The van der Waals surface area contributed by atoms with Gasteiger partial charge in [0.15, 0.2) is 0 Å². The van der Waals surface area contributed by atoms with Crippen LogP contribution in [0.2, 0.25) is 0 Å². The van der Waals surface area contributed by atoms with Crippen molar-refractivity contribution in [3.05, 3.63) is 29.8 Å². The van der Waals surface area contributed by atoms with Crippen LogP contribution in [0.5, 0.6) is 0 Å². The molecule has 2 saturated heterocycles. The molecule has 1 amide bonds. The van der Waals surface area contributed by atoms with Gasteiger partial charge >= 0.3 is 0 Å². The third kappa shape index (κ3) is 4.20. The Morgan fingerprint density at radius 2 is 1.92 bits per heavy atom. The van der Waals surface area contributed by atoms with Crippen LogP contribution in [0.25, 0.3) is 0 Å². The summed E-state index contributed by atoms with van der Waals surface area (Å²) in [5, 5.41) is 6.10. The Morgan fingerprint density at radius 1 is 1.28 bits per heavy atom. The lowest BCUT2D eigenvalue weighted by Gasteiger charge is -2.31. The maximum absolute atomic E-state index is 12.6. The molecule has 138 valence electrons. The Bertz CT molecular complexity index is 695. The topological polar surface area (TPSA) is 87.7 Å². The highest BCUT2D eigenvalue weighted by molar-refractivity contribution is 7.89. The van der Waals surface area contributed by atoms with Gasteiger partial charge in [0.1, 0.15) is 0 Å². The molecular weight excluding hydrogens is 342 g/mol. The summed E-state index contributed by atoms with van der Waals surface area (Å²) in [6.45, 7) is 5.75. The number of morpholine rings is 1. The van der Waals surface area contributed by atoms with Crippen molar-refractivity contribution in [1.29, 1.82) is 0 Å². The second-order valence-electron chi connectivity index (χ2n) is 6.59. The van der Waals surface area contributed by atoms with Crippen molar-refractivity contribution >= 4 is 15.9 Å². The molecule has 0 aromatic heterocycles. The highest BCUT2D eigenvalue weighted by Gasteiger charge is 2.28. The lowest BCUT2D eigenvalue weighted by atomic mass is 9.88. The minimum Gasteiger partial charge on any atom is -0.379 e. The number of hydrogen-bond donors (Lipinski definition) is 2. The highest BCUT2D eigenvalue weighted by atomic mass is 32.2. The third-order valence-corrected chi connectivity index (χ3v) is 6.84. The first-order valence-electron chi connectivity index (χ1n) is 8.64. The van der Waals surface area contributed by atoms with Crippen LogP contribution >= 0.6 is 0 Å². The van der Waals surface area contributed by atoms with Crippen LogP contribution in [0, 0.1) is 11.8 Å². The number of sulfonamides is 1. The first-order chi connectivity index (χ1) is 12.0. The first-order valence-corrected chi connectivity index (χ1v) is 10.1. The Kier molecular flexibility index (Phi) is 5.73. The summed E-state index contributed by atoms with van der Waals surface area (Å²) < 4.78 is 31.8. The van der Waals surface area contributed by atoms with Gasteiger partial charge in [-0.05, 0) is 36.7 Å². The zero-order chi connectivity index (χ0) is 17.9. The third-order valence-electron chi connectivity index (χ3n) is 4.93. The van der Waals surface area contributed by atoms with Crippen molar-refractivity contribution in [2.24, 2.45) is 11.8 Å². The van der Waals surface area contributed by atoms with Crippen molar-refractivity contribution in [1.82, 2.24) is 14.9 Å². The van der Waals surface area contributed by atoms with Crippen LogP contribution < -0.4 is 10.6 Å². The highest BCUT2D eigenvalue weighted by Crippen LogP contribution is 2.18. The summed E-state index contributed by atoms with van der Waals surface area (Å²) in [4.78, 5) is 12.4. The van der Waals surface area contributed by atoms with E-state index in [9.17, 15) is 13.2 Å². The predicted molar refractivity (Wildman–Crippen MR) is 93.4 cm³/mol. The van der Waals surface area contributed by atoms with Gasteiger partial charge in [0.05, 0.1) is 18.1 Å². The van der Waals surface area contributed by atoms with Gasteiger partial charge in [-0.1, -0.05) is 19.1 Å². The molecule has 0 saturated carbocycles. The fourth-order valence-corrected chi connectivity index (χ4v) is 4.35. The zero-order valence-corrected chi connectivity index (χ0v) is 15.2. The van der Waals surface area contributed by atoms with E-state index in [0.29, 0.717) is 38.8 Å². The molecule has 1 aromatic rings. The average Bonchev–Trinajstić information content (AvgIpc) is 2.59. The summed E-state index contributed by atoms with van der Waals surface area (Å²) in [6.07, 6.45) is 0. The van der Waals surface area contributed by atoms with E-state index < -0.39 is 10.0 Å². The number of carbonyl (C=O) groups excluding carboxylic acids is 1. The SMILES string of the molecule is CC(C(=O)NCc1ccc(S(=O)(=O)N2CCOCC2)cc1)C1CNC1. The van der Waals surface area contributed by atoms with E-state index in [1.807, 2.05) is 6.92 Å². The molecule has 1 aromatic carbocycles. The van der Waals surface area contributed by atoms with Gasteiger partial charge in [-0.15, -0.1) is 0 Å². The van der Waals surface area contributed by atoms with Crippen molar-refractivity contribution in [3.63, 3.8) is 0 Å². The molecule has 2 fully saturated rings. The number of benzene rings is 1. The maximum atomic E-state index is 12.6. The van der Waals surface area contributed by atoms with Crippen molar-refractivity contribution in [2.45, 2.75) is 18.4 Å². The van der Waals surface area contributed by atoms with Gasteiger partial charge in [-0.2, -0.15) is 4.31 Å². The minimum absolute atomic E-state index is 0.0118. The Balaban J connectivity index is 1.57. The standard InChI is InChI=1S/C17H25N3O4S/c1-13(15-11-18-12-15)17(21)19-10-14-2-4-16(5-3-14)25(22,23)20-6-8-24-9-7-20/h2-5,13,15,18H,6-12H2,1H3,(H,19,21). The summed E-state index contributed by atoms with van der Waals surface area (Å²) >= 11 is 0. The lowest BCUT2D eigenvalue weighted by molar-refractivity contribution is -0.126. The monoisotopic (exact) mass is 367 g/mol. The summed E-state index contributed by atoms with van der Waals surface area (Å²) in [6, 6.07) is 6.71. The normalized spacial score (nSPS) is 20.7. The van der Waals surface area contributed by atoms with Gasteiger partial charge in [0.2, 0.25) is 15.9 Å². The van der Waals surface area contributed by atoms with Crippen LogP contribution in [0.15, 0.2) is 29.2 Å². The van der Waals surface area contributed by atoms with E-state index in [1.165, 1.54) is 4.31 Å². The van der Waals surface area contributed by atoms with E-state index in [4.69, 9.17) is 4.74 Å². The van der Waals surface area contributed by atoms with E-state index in [2.05, 4.69) is 10.6 Å². The fourth-order valence-electron chi connectivity index (χ4n) is 2.94. The predicted octanol–water partition coefficient (Wildman–Crippen LogP) is 0.179. The first kappa shape index (κ1) is 18.3. The van der Waals surface area contributed by atoms with Crippen LogP contribution in [-0.4, -0.2) is 58.0 Å². The zero-order valence-electron chi connectivity index (χ0n) is 14.4. The van der Waals surface area contributed by atoms with Gasteiger partial charge in [0.25, 0.3) is 0 Å². The Morgan fingerprint density at radius 3 is 2.48 bits per heavy atom.